The largest absolute Gasteiger partial charge is 0.495 e. The molecule has 3 aliphatic rings. The van der Waals surface area contributed by atoms with Gasteiger partial charge in [0, 0.05) is 75.0 Å². The summed E-state index contributed by atoms with van der Waals surface area (Å²) in [4.78, 5) is 40.7. The van der Waals surface area contributed by atoms with Crippen LogP contribution in [-0.2, 0) is 4.74 Å². The van der Waals surface area contributed by atoms with Gasteiger partial charge in [0.05, 0.1) is 43.4 Å². The summed E-state index contributed by atoms with van der Waals surface area (Å²) in [6, 6.07) is 15.4. The fourth-order valence-electron chi connectivity index (χ4n) is 7.80. The van der Waals surface area contributed by atoms with E-state index in [4.69, 9.17) is 14.2 Å². The number of anilines is 2. The lowest BCUT2D eigenvalue weighted by molar-refractivity contribution is -0.180. The van der Waals surface area contributed by atoms with Crippen molar-refractivity contribution in [3.8, 4) is 17.6 Å². The lowest BCUT2D eigenvalue weighted by Gasteiger charge is -2.65. The smallest absolute Gasteiger partial charge is 0.376 e. The molecule has 0 bridgehead atoms. The number of carbonyl (C=O) groups excluding carboxylic acids is 2. The Labute approximate surface area is 300 Å². The molecule has 3 fully saturated rings. The van der Waals surface area contributed by atoms with E-state index in [1.165, 1.54) is 14.2 Å². The summed E-state index contributed by atoms with van der Waals surface area (Å²) >= 11 is 0. The number of hydrogen-bond acceptors (Lipinski definition) is 11. The molecule has 0 radical (unpaired) electrons. The van der Waals surface area contributed by atoms with Gasteiger partial charge in [0.1, 0.15) is 23.2 Å². The summed E-state index contributed by atoms with van der Waals surface area (Å²) in [5, 5.41) is 12.6. The SMILES string of the molecule is COC(=O)c1ncc(N2CCN(CC3CCN(c4ccc(C(=O)NC5(C)CC(C)(Oc6ccc(C#N)c(OC)c6)C5(C)C)cc4)CC3)CC2)cn1. The van der Waals surface area contributed by atoms with Crippen LogP contribution in [-0.4, -0.2) is 97.9 Å². The number of aromatic nitrogens is 2. The Morgan fingerprint density at radius 1 is 0.902 bits per heavy atom. The highest BCUT2D eigenvalue weighted by atomic mass is 16.5. The normalized spacial score (nSPS) is 23.5. The van der Waals surface area contributed by atoms with Crippen LogP contribution in [0, 0.1) is 22.7 Å². The standard InChI is InChI=1S/C39H49N7O5/c1-37(2)38(3,26-39(37,4)51-32-12-9-29(22-40)33(21-32)49-5)43-35(47)28-7-10-30(11-8-28)45-15-13-27(14-16-45)25-44-17-19-46(20-18-44)31-23-41-34(42-24-31)36(48)50-6/h7-12,21,23-24,27H,13-20,25-26H2,1-6H3,(H,43,47). The lowest BCUT2D eigenvalue weighted by Crippen LogP contribution is -2.77. The quantitative estimate of drug-likeness (QED) is 0.289. The second kappa shape index (κ2) is 14.4. The fourth-order valence-corrected chi connectivity index (χ4v) is 7.80. The lowest BCUT2D eigenvalue weighted by atomic mass is 9.48. The summed E-state index contributed by atoms with van der Waals surface area (Å²) in [6.07, 6.45) is 6.29. The van der Waals surface area contributed by atoms with Crippen molar-refractivity contribution in [3.63, 3.8) is 0 Å². The van der Waals surface area contributed by atoms with Crippen LogP contribution in [0.3, 0.4) is 0 Å². The van der Waals surface area contributed by atoms with Crippen LogP contribution in [0.25, 0.3) is 0 Å². The van der Waals surface area contributed by atoms with E-state index in [1.54, 1.807) is 30.6 Å². The first-order valence-corrected chi connectivity index (χ1v) is 17.7. The molecule has 2 saturated heterocycles. The van der Waals surface area contributed by atoms with Crippen LogP contribution in [0.2, 0.25) is 0 Å². The number of nitriles is 1. The van der Waals surface area contributed by atoms with Gasteiger partial charge >= 0.3 is 5.97 Å². The van der Waals surface area contributed by atoms with E-state index in [0.717, 1.165) is 70.0 Å². The number of amides is 1. The number of nitrogens with zero attached hydrogens (tertiary/aromatic N) is 6. The van der Waals surface area contributed by atoms with Crippen LogP contribution in [0.4, 0.5) is 11.4 Å². The maximum absolute atomic E-state index is 13.5. The van der Waals surface area contributed by atoms with Crippen LogP contribution < -0.4 is 24.6 Å². The zero-order valence-electron chi connectivity index (χ0n) is 30.6. The molecule has 1 N–H and O–H groups in total. The minimum atomic E-state index is -0.533. The number of methoxy groups -OCH3 is 2. The van der Waals surface area contributed by atoms with Crippen molar-refractivity contribution < 1.29 is 23.8 Å². The number of piperidine rings is 1. The molecule has 1 aliphatic carbocycles. The average molecular weight is 696 g/mol. The van der Waals surface area contributed by atoms with E-state index in [2.05, 4.69) is 75.9 Å². The zero-order valence-corrected chi connectivity index (χ0v) is 30.6. The number of piperazine rings is 1. The molecule has 1 aromatic heterocycles. The molecule has 2 aromatic carbocycles. The van der Waals surface area contributed by atoms with Gasteiger partial charge in [0.15, 0.2) is 0 Å². The number of ether oxygens (including phenoxy) is 3. The van der Waals surface area contributed by atoms with Crippen LogP contribution in [0.5, 0.6) is 11.5 Å². The molecule has 3 aromatic rings. The monoisotopic (exact) mass is 695 g/mol. The Balaban J connectivity index is 0.957. The van der Waals surface area contributed by atoms with Crippen molar-refractivity contribution in [2.45, 2.75) is 58.1 Å². The van der Waals surface area contributed by atoms with Gasteiger partial charge in [0.25, 0.3) is 5.91 Å². The summed E-state index contributed by atoms with van der Waals surface area (Å²) in [7, 11) is 2.86. The van der Waals surface area contributed by atoms with E-state index in [9.17, 15) is 14.9 Å². The van der Waals surface area contributed by atoms with Gasteiger partial charge in [-0.05, 0) is 69.0 Å². The minimum absolute atomic E-state index is 0.0784. The number of esters is 1. The molecule has 1 amide bonds. The zero-order chi connectivity index (χ0) is 36.4. The predicted molar refractivity (Wildman–Crippen MR) is 194 cm³/mol. The Bertz CT molecular complexity index is 1760. The second-order valence-corrected chi connectivity index (χ2v) is 14.9. The van der Waals surface area contributed by atoms with E-state index in [0.29, 0.717) is 35.0 Å². The first-order valence-electron chi connectivity index (χ1n) is 17.7. The molecular formula is C39H49N7O5. The van der Waals surface area contributed by atoms with E-state index in [1.807, 2.05) is 12.1 Å². The number of benzene rings is 2. The van der Waals surface area contributed by atoms with Gasteiger partial charge in [-0.1, -0.05) is 13.8 Å². The Hall–Kier alpha value is -4.89. The van der Waals surface area contributed by atoms with Gasteiger partial charge in [-0.25, -0.2) is 14.8 Å². The third-order valence-corrected chi connectivity index (χ3v) is 11.8. The summed E-state index contributed by atoms with van der Waals surface area (Å²) in [5.74, 6) is 1.22. The first kappa shape index (κ1) is 35.9. The minimum Gasteiger partial charge on any atom is -0.495 e. The van der Waals surface area contributed by atoms with Crippen molar-refractivity contribution in [1.29, 1.82) is 5.26 Å². The van der Waals surface area contributed by atoms with Crippen molar-refractivity contribution in [2.75, 3.05) is 69.8 Å². The highest BCUT2D eigenvalue weighted by Crippen LogP contribution is 2.58. The van der Waals surface area contributed by atoms with Crippen molar-refractivity contribution in [3.05, 3.63) is 71.8 Å². The molecule has 0 spiro atoms. The van der Waals surface area contributed by atoms with Crippen molar-refractivity contribution in [2.24, 2.45) is 11.3 Å². The Morgan fingerprint density at radius 3 is 2.14 bits per heavy atom. The van der Waals surface area contributed by atoms with Crippen LogP contribution >= 0.6 is 0 Å². The number of hydrogen-bond donors (Lipinski definition) is 1. The van der Waals surface area contributed by atoms with Crippen LogP contribution in [0.15, 0.2) is 54.9 Å². The Morgan fingerprint density at radius 2 is 1.55 bits per heavy atom. The molecule has 6 rings (SSSR count). The summed E-state index contributed by atoms with van der Waals surface area (Å²) < 4.78 is 16.5. The molecule has 2 atom stereocenters. The van der Waals surface area contributed by atoms with Gasteiger partial charge in [-0.2, -0.15) is 5.26 Å². The molecular weight excluding hydrogens is 646 g/mol. The topological polar surface area (TPSA) is 133 Å². The van der Waals surface area contributed by atoms with Crippen molar-refractivity contribution >= 4 is 23.3 Å². The number of carbonyl (C=O) groups is 2. The van der Waals surface area contributed by atoms with Crippen LogP contribution in [0.1, 0.15) is 73.5 Å². The number of rotatable bonds is 10. The van der Waals surface area contributed by atoms with E-state index in [-0.39, 0.29) is 17.1 Å². The van der Waals surface area contributed by atoms with Crippen molar-refractivity contribution in [1.82, 2.24) is 20.2 Å². The number of nitrogens with one attached hydrogen (secondary N) is 1. The maximum Gasteiger partial charge on any atom is 0.376 e. The molecule has 2 unspecified atom stereocenters. The first-order chi connectivity index (χ1) is 24.4. The molecule has 3 heterocycles. The maximum atomic E-state index is 13.5. The van der Waals surface area contributed by atoms with E-state index >= 15 is 0 Å². The third-order valence-electron chi connectivity index (χ3n) is 11.8. The molecule has 2 aliphatic heterocycles. The van der Waals surface area contributed by atoms with Gasteiger partial charge in [0.2, 0.25) is 5.82 Å². The molecule has 1 saturated carbocycles. The van der Waals surface area contributed by atoms with Gasteiger partial charge < -0.3 is 29.3 Å². The Kier molecular flexibility index (Phi) is 10.1. The van der Waals surface area contributed by atoms with Gasteiger partial charge in [-0.15, -0.1) is 0 Å². The third kappa shape index (κ3) is 7.17. The molecule has 270 valence electrons. The fraction of sp³-hybridized carbons (Fsp3) is 0.513. The second-order valence-electron chi connectivity index (χ2n) is 14.9. The summed E-state index contributed by atoms with van der Waals surface area (Å²) in [6.45, 7) is 15.2. The predicted octanol–water partition coefficient (Wildman–Crippen LogP) is 4.94. The molecule has 51 heavy (non-hydrogen) atoms. The van der Waals surface area contributed by atoms with E-state index < -0.39 is 17.1 Å². The summed E-state index contributed by atoms with van der Waals surface area (Å²) in [5.41, 5.74) is 1.77. The highest BCUT2D eigenvalue weighted by Gasteiger charge is 2.67. The molecule has 12 heteroatoms. The van der Waals surface area contributed by atoms with Gasteiger partial charge in [-0.3, -0.25) is 9.69 Å². The highest BCUT2D eigenvalue weighted by molar-refractivity contribution is 5.95. The average Bonchev–Trinajstić information content (AvgIpc) is 3.15. The molecule has 12 nitrogen and oxygen atoms in total.